The van der Waals surface area contributed by atoms with E-state index in [1.54, 1.807) is 12.4 Å². The van der Waals surface area contributed by atoms with Gasteiger partial charge in [0.15, 0.2) is 0 Å². The standard InChI is InChI=1S/C20H18N4O/c1-13-7-8-14(11-15(13)19-6-4-10-22-24-19)23-20(25)17-12-16(17)18-5-2-3-9-21-18/h2-11,16-17H,12H2,1H3,(H,23,25). The number of amides is 1. The third-order valence-electron chi connectivity index (χ3n) is 4.55. The van der Waals surface area contributed by atoms with Crippen LogP contribution in [0.1, 0.15) is 23.6 Å². The number of nitrogens with zero attached hydrogens (tertiary/aromatic N) is 3. The van der Waals surface area contributed by atoms with Gasteiger partial charge in [-0.15, -0.1) is 0 Å². The Morgan fingerprint density at radius 3 is 2.80 bits per heavy atom. The Hall–Kier alpha value is -3.08. The van der Waals surface area contributed by atoms with Crippen molar-refractivity contribution in [2.75, 3.05) is 5.32 Å². The summed E-state index contributed by atoms with van der Waals surface area (Å²) in [6.45, 7) is 2.02. The van der Waals surface area contributed by atoms with Crippen molar-refractivity contribution in [3.05, 3.63) is 72.2 Å². The third kappa shape index (κ3) is 3.26. The predicted molar refractivity (Wildman–Crippen MR) is 95.9 cm³/mol. The normalized spacial score (nSPS) is 18.6. The molecule has 1 aliphatic carbocycles. The number of aromatic nitrogens is 3. The van der Waals surface area contributed by atoms with Gasteiger partial charge in [0.05, 0.1) is 5.69 Å². The molecule has 124 valence electrons. The number of hydrogen-bond donors (Lipinski definition) is 1. The lowest BCUT2D eigenvalue weighted by molar-refractivity contribution is -0.117. The molecule has 2 unspecified atom stereocenters. The first kappa shape index (κ1) is 15.4. The second-order valence-electron chi connectivity index (χ2n) is 6.33. The Kier molecular flexibility index (Phi) is 3.98. The van der Waals surface area contributed by atoms with Crippen LogP contribution in [0.15, 0.2) is 60.9 Å². The Bertz CT molecular complexity index is 896. The zero-order valence-corrected chi connectivity index (χ0v) is 13.9. The van der Waals surface area contributed by atoms with E-state index in [1.165, 1.54) is 0 Å². The lowest BCUT2D eigenvalue weighted by Gasteiger charge is -2.09. The minimum absolute atomic E-state index is 0.00355. The fourth-order valence-corrected chi connectivity index (χ4v) is 3.06. The second-order valence-corrected chi connectivity index (χ2v) is 6.33. The molecule has 1 aliphatic rings. The van der Waals surface area contributed by atoms with E-state index in [1.807, 2.05) is 55.5 Å². The monoisotopic (exact) mass is 330 g/mol. The minimum Gasteiger partial charge on any atom is -0.326 e. The van der Waals surface area contributed by atoms with Crippen molar-refractivity contribution in [3.8, 4) is 11.3 Å². The van der Waals surface area contributed by atoms with E-state index in [9.17, 15) is 4.79 Å². The molecule has 3 aromatic rings. The summed E-state index contributed by atoms with van der Waals surface area (Å²) in [6.07, 6.45) is 4.27. The highest BCUT2D eigenvalue weighted by Gasteiger charge is 2.44. The third-order valence-corrected chi connectivity index (χ3v) is 4.55. The van der Waals surface area contributed by atoms with E-state index in [0.29, 0.717) is 0 Å². The number of benzene rings is 1. The number of aryl methyl sites for hydroxylation is 1. The van der Waals surface area contributed by atoms with Gasteiger partial charge in [0.25, 0.3) is 0 Å². The number of nitrogens with one attached hydrogen (secondary N) is 1. The molecule has 25 heavy (non-hydrogen) atoms. The molecule has 2 aromatic heterocycles. The molecule has 1 fully saturated rings. The van der Waals surface area contributed by atoms with E-state index < -0.39 is 0 Å². The predicted octanol–water partition coefficient (Wildman–Crippen LogP) is 3.59. The summed E-state index contributed by atoms with van der Waals surface area (Å²) in [4.78, 5) is 16.9. The van der Waals surface area contributed by atoms with Crippen LogP contribution in [0.3, 0.4) is 0 Å². The fraction of sp³-hybridized carbons (Fsp3) is 0.200. The van der Waals surface area contributed by atoms with E-state index >= 15 is 0 Å². The number of carbonyl (C=O) groups is 1. The molecule has 0 saturated heterocycles. The molecule has 2 heterocycles. The summed E-state index contributed by atoms with van der Waals surface area (Å²) >= 11 is 0. The van der Waals surface area contributed by atoms with E-state index in [-0.39, 0.29) is 17.7 Å². The zero-order valence-electron chi connectivity index (χ0n) is 13.9. The number of hydrogen-bond acceptors (Lipinski definition) is 4. The molecule has 0 bridgehead atoms. The van der Waals surface area contributed by atoms with Crippen LogP contribution in [-0.2, 0) is 4.79 Å². The largest absolute Gasteiger partial charge is 0.326 e. The molecule has 0 spiro atoms. The van der Waals surface area contributed by atoms with Gasteiger partial charge in [-0.25, -0.2) is 0 Å². The molecule has 5 heteroatoms. The van der Waals surface area contributed by atoms with Gasteiger partial charge in [0.1, 0.15) is 0 Å². The average Bonchev–Trinajstić information content (AvgIpc) is 3.46. The number of pyridine rings is 1. The second kappa shape index (κ2) is 6.43. The van der Waals surface area contributed by atoms with Crippen LogP contribution >= 0.6 is 0 Å². The van der Waals surface area contributed by atoms with Crippen molar-refractivity contribution in [3.63, 3.8) is 0 Å². The van der Waals surface area contributed by atoms with E-state index in [4.69, 9.17) is 0 Å². The highest BCUT2D eigenvalue weighted by Crippen LogP contribution is 2.47. The van der Waals surface area contributed by atoms with Crippen molar-refractivity contribution in [2.45, 2.75) is 19.3 Å². The summed E-state index contributed by atoms with van der Waals surface area (Å²) in [5, 5.41) is 11.1. The lowest BCUT2D eigenvalue weighted by Crippen LogP contribution is -2.14. The first-order valence-electron chi connectivity index (χ1n) is 8.33. The SMILES string of the molecule is Cc1ccc(NC(=O)C2CC2c2ccccn2)cc1-c1cccnn1. The van der Waals surface area contributed by atoms with Gasteiger partial charge < -0.3 is 5.32 Å². The van der Waals surface area contributed by atoms with Crippen molar-refractivity contribution in [2.24, 2.45) is 5.92 Å². The quantitative estimate of drug-likeness (QED) is 0.794. The highest BCUT2D eigenvalue weighted by molar-refractivity contribution is 5.95. The van der Waals surface area contributed by atoms with Gasteiger partial charge in [-0.3, -0.25) is 9.78 Å². The van der Waals surface area contributed by atoms with Crippen molar-refractivity contribution in [1.29, 1.82) is 0 Å². The van der Waals surface area contributed by atoms with Gasteiger partial charge in [-0.05, 0) is 55.3 Å². The zero-order chi connectivity index (χ0) is 17.2. The Balaban J connectivity index is 1.49. The maximum atomic E-state index is 12.5. The summed E-state index contributed by atoms with van der Waals surface area (Å²) in [7, 11) is 0. The summed E-state index contributed by atoms with van der Waals surface area (Å²) in [5.74, 6) is 0.270. The highest BCUT2D eigenvalue weighted by atomic mass is 16.2. The summed E-state index contributed by atoms with van der Waals surface area (Å²) in [5.41, 5.74) is 4.64. The van der Waals surface area contributed by atoms with Gasteiger partial charge in [0.2, 0.25) is 5.91 Å². The van der Waals surface area contributed by atoms with Crippen LogP contribution in [-0.4, -0.2) is 21.1 Å². The van der Waals surface area contributed by atoms with Crippen LogP contribution in [0.25, 0.3) is 11.3 Å². The average molecular weight is 330 g/mol. The molecular formula is C20H18N4O. The van der Waals surface area contributed by atoms with Crippen LogP contribution < -0.4 is 5.32 Å². The Labute approximate surface area is 146 Å². The number of rotatable bonds is 4. The maximum Gasteiger partial charge on any atom is 0.228 e. The van der Waals surface area contributed by atoms with E-state index in [0.717, 1.165) is 34.6 Å². The van der Waals surface area contributed by atoms with Crippen LogP contribution in [0, 0.1) is 12.8 Å². The smallest absolute Gasteiger partial charge is 0.228 e. The topological polar surface area (TPSA) is 67.8 Å². The summed E-state index contributed by atoms with van der Waals surface area (Å²) < 4.78 is 0. The van der Waals surface area contributed by atoms with E-state index in [2.05, 4.69) is 20.5 Å². The Morgan fingerprint density at radius 2 is 2.04 bits per heavy atom. The summed E-state index contributed by atoms with van der Waals surface area (Å²) in [6, 6.07) is 15.5. The molecule has 0 radical (unpaired) electrons. The molecule has 0 aliphatic heterocycles. The first-order chi connectivity index (χ1) is 12.2. The van der Waals surface area contributed by atoms with Crippen molar-refractivity contribution >= 4 is 11.6 Å². The molecule has 1 N–H and O–H groups in total. The van der Waals surface area contributed by atoms with Gasteiger partial charge in [-0.2, -0.15) is 10.2 Å². The maximum absolute atomic E-state index is 12.5. The first-order valence-corrected chi connectivity index (χ1v) is 8.33. The number of carbonyl (C=O) groups excluding carboxylic acids is 1. The Morgan fingerprint density at radius 1 is 1.12 bits per heavy atom. The van der Waals surface area contributed by atoms with Gasteiger partial charge >= 0.3 is 0 Å². The molecule has 4 rings (SSSR count). The molecular weight excluding hydrogens is 312 g/mol. The molecule has 1 amide bonds. The van der Waals surface area contributed by atoms with Gasteiger partial charge in [0, 0.05) is 41.2 Å². The molecule has 1 aromatic carbocycles. The molecule has 2 atom stereocenters. The van der Waals surface area contributed by atoms with Crippen LogP contribution in [0.2, 0.25) is 0 Å². The van der Waals surface area contributed by atoms with Crippen LogP contribution in [0.5, 0.6) is 0 Å². The molecule has 1 saturated carbocycles. The molecule has 5 nitrogen and oxygen atoms in total. The minimum atomic E-state index is -0.00355. The van der Waals surface area contributed by atoms with Crippen molar-refractivity contribution < 1.29 is 4.79 Å². The fourth-order valence-electron chi connectivity index (χ4n) is 3.06. The lowest BCUT2D eigenvalue weighted by atomic mass is 10.0. The van der Waals surface area contributed by atoms with Crippen LogP contribution in [0.4, 0.5) is 5.69 Å². The van der Waals surface area contributed by atoms with Gasteiger partial charge in [-0.1, -0.05) is 12.1 Å². The number of anilines is 1. The van der Waals surface area contributed by atoms with Crippen molar-refractivity contribution in [1.82, 2.24) is 15.2 Å².